The molecule has 0 radical (unpaired) electrons. The molecule has 2 atom stereocenters. The topological polar surface area (TPSA) is 75.4 Å². The third kappa shape index (κ3) is 4.28. The quantitative estimate of drug-likeness (QED) is 0.844. The van der Waals surface area contributed by atoms with E-state index in [1.165, 1.54) is 0 Å². The lowest BCUT2D eigenvalue weighted by Gasteiger charge is -2.17. The van der Waals surface area contributed by atoms with Crippen molar-refractivity contribution in [2.45, 2.75) is 25.8 Å². The minimum Gasteiger partial charge on any atom is -0.356 e. The van der Waals surface area contributed by atoms with Crippen molar-refractivity contribution in [1.29, 1.82) is 0 Å². The Hall–Kier alpha value is -1.40. The van der Waals surface area contributed by atoms with Gasteiger partial charge in [-0.25, -0.2) is 0 Å². The van der Waals surface area contributed by atoms with Crippen molar-refractivity contribution in [3.8, 4) is 0 Å². The summed E-state index contributed by atoms with van der Waals surface area (Å²) in [5.74, 6) is -0.369. The Labute approximate surface area is 133 Å². The van der Waals surface area contributed by atoms with Crippen LogP contribution in [0.2, 0.25) is 0 Å². The third-order valence-electron chi connectivity index (χ3n) is 3.51. The Morgan fingerprint density at radius 2 is 2.33 bits per heavy atom. The van der Waals surface area contributed by atoms with Crippen molar-refractivity contribution in [1.82, 2.24) is 5.32 Å². The average Bonchev–Trinajstić information content (AvgIpc) is 2.80. The zero-order valence-corrected chi connectivity index (χ0v) is 13.6. The molecule has 1 aliphatic heterocycles. The zero-order chi connectivity index (χ0) is 15.4. The molecule has 0 bridgehead atoms. The van der Waals surface area contributed by atoms with Gasteiger partial charge in [-0.15, -0.1) is 0 Å². The zero-order valence-electron chi connectivity index (χ0n) is 12.0. The summed E-state index contributed by atoms with van der Waals surface area (Å²) in [4.78, 5) is 25.8. The van der Waals surface area contributed by atoms with Crippen LogP contribution in [0.25, 0.3) is 0 Å². The monoisotopic (exact) mass is 353 g/mol. The molecule has 1 fully saturated rings. The fourth-order valence-corrected chi connectivity index (χ4v) is 2.73. The Morgan fingerprint density at radius 1 is 1.57 bits per heavy atom. The Bertz CT molecular complexity index is 533. The van der Waals surface area contributed by atoms with Gasteiger partial charge < -0.3 is 16.0 Å². The maximum Gasteiger partial charge on any atom is 0.227 e. The molecule has 6 heteroatoms. The molecule has 1 aromatic carbocycles. The highest BCUT2D eigenvalue weighted by molar-refractivity contribution is 9.10. The Morgan fingerprint density at radius 3 is 3.00 bits per heavy atom. The number of hydrogen-bond donors (Lipinski definition) is 2. The largest absolute Gasteiger partial charge is 0.356 e. The number of halogens is 1. The number of carbonyl (C=O) groups is 2. The maximum absolute atomic E-state index is 12.1. The van der Waals surface area contributed by atoms with E-state index < -0.39 is 0 Å². The first kappa shape index (κ1) is 16.0. The summed E-state index contributed by atoms with van der Waals surface area (Å²) in [5.41, 5.74) is 6.47. The molecule has 1 heterocycles. The molecule has 0 aromatic heterocycles. The van der Waals surface area contributed by atoms with E-state index in [-0.39, 0.29) is 30.2 Å². The van der Waals surface area contributed by atoms with Gasteiger partial charge in [0.15, 0.2) is 0 Å². The van der Waals surface area contributed by atoms with Crippen LogP contribution in [-0.2, 0) is 9.59 Å². The second-order valence-electron chi connectivity index (χ2n) is 5.44. The normalized spacial score (nSPS) is 19.7. The first-order valence-corrected chi connectivity index (χ1v) is 7.86. The number of carbonyl (C=O) groups excluding carboxylic acids is 2. The molecule has 2 rings (SSSR count). The smallest absolute Gasteiger partial charge is 0.227 e. The van der Waals surface area contributed by atoms with Crippen LogP contribution in [0.3, 0.4) is 0 Å². The van der Waals surface area contributed by atoms with E-state index in [1.807, 2.05) is 31.2 Å². The number of nitrogens with two attached hydrogens (primary N) is 1. The molecule has 5 nitrogen and oxygen atoms in total. The number of benzene rings is 1. The van der Waals surface area contributed by atoms with Crippen molar-refractivity contribution in [2.75, 3.05) is 18.0 Å². The second kappa shape index (κ2) is 7.04. The molecular weight excluding hydrogens is 334 g/mol. The van der Waals surface area contributed by atoms with Crippen LogP contribution in [0.15, 0.2) is 28.7 Å². The van der Waals surface area contributed by atoms with Crippen LogP contribution in [0.1, 0.15) is 19.8 Å². The molecule has 0 saturated carbocycles. The van der Waals surface area contributed by atoms with Gasteiger partial charge in [0, 0.05) is 35.7 Å². The van der Waals surface area contributed by atoms with Crippen molar-refractivity contribution >= 4 is 33.4 Å². The molecule has 1 saturated heterocycles. The lowest BCUT2D eigenvalue weighted by atomic mass is 10.1. The van der Waals surface area contributed by atoms with Crippen LogP contribution < -0.4 is 16.0 Å². The van der Waals surface area contributed by atoms with E-state index in [1.54, 1.807) is 4.90 Å². The van der Waals surface area contributed by atoms with Crippen molar-refractivity contribution in [3.63, 3.8) is 0 Å². The predicted molar refractivity (Wildman–Crippen MR) is 85.9 cm³/mol. The second-order valence-corrected chi connectivity index (χ2v) is 6.36. The number of hydrogen-bond acceptors (Lipinski definition) is 3. The fourth-order valence-electron chi connectivity index (χ4n) is 2.34. The van der Waals surface area contributed by atoms with Gasteiger partial charge in [-0.05, 0) is 31.5 Å². The standard InChI is InChI=1S/C15H20BrN3O2/c1-10(17)5-6-18-15(21)11-7-14(20)19(9-11)13-4-2-3-12(16)8-13/h2-4,8,10-11H,5-7,9,17H2,1H3,(H,18,21). The molecule has 1 aliphatic rings. The lowest BCUT2D eigenvalue weighted by molar-refractivity contribution is -0.126. The summed E-state index contributed by atoms with van der Waals surface area (Å²) in [6.07, 6.45) is 0.998. The Balaban J connectivity index is 1.94. The van der Waals surface area contributed by atoms with Gasteiger partial charge in [-0.2, -0.15) is 0 Å². The molecule has 0 aliphatic carbocycles. The first-order chi connectivity index (χ1) is 9.97. The summed E-state index contributed by atoms with van der Waals surface area (Å²) in [6, 6.07) is 7.60. The molecule has 3 N–H and O–H groups in total. The highest BCUT2D eigenvalue weighted by Crippen LogP contribution is 2.27. The van der Waals surface area contributed by atoms with E-state index in [4.69, 9.17) is 5.73 Å². The highest BCUT2D eigenvalue weighted by Gasteiger charge is 2.34. The van der Waals surface area contributed by atoms with Crippen molar-refractivity contribution in [3.05, 3.63) is 28.7 Å². The van der Waals surface area contributed by atoms with Crippen LogP contribution in [0.4, 0.5) is 5.69 Å². The van der Waals surface area contributed by atoms with E-state index >= 15 is 0 Å². The third-order valence-corrected chi connectivity index (χ3v) is 4.01. The Kier molecular flexibility index (Phi) is 5.36. The van der Waals surface area contributed by atoms with E-state index in [0.29, 0.717) is 13.1 Å². The van der Waals surface area contributed by atoms with Gasteiger partial charge in [-0.3, -0.25) is 9.59 Å². The number of nitrogens with zero attached hydrogens (tertiary/aromatic N) is 1. The maximum atomic E-state index is 12.1. The van der Waals surface area contributed by atoms with Gasteiger partial charge in [0.1, 0.15) is 0 Å². The van der Waals surface area contributed by atoms with E-state index in [9.17, 15) is 9.59 Å². The fraction of sp³-hybridized carbons (Fsp3) is 0.467. The minimum atomic E-state index is -0.287. The van der Waals surface area contributed by atoms with Gasteiger partial charge in [0.05, 0.1) is 5.92 Å². The van der Waals surface area contributed by atoms with Crippen molar-refractivity contribution < 1.29 is 9.59 Å². The van der Waals surface area contributed by atoms with Crippen LogP contribution in [0.5, 0.6) is 0 Å². The minimum absolute atomic E-state index is 0.0135. The van der Waals surface area contributed by atoms with Gasteiger partial charge in [0.2, 0.25) is 11.8 Å². The summed E-state index contributed by atoms with van der Waals surface area (Å²) in [6.45, 7) is 2.89. The highest BCUT2D eigenvalue weighted by atomic mass is 79.9. The van der Waals surface area contributed by atoms with Gasteiger partial charge in [-0.1, -0.05) is 22.0 Å². The molecule has 1 aromatic rings. The molecule has 114 valence electrons. The molecular formula is C15H20BrN3O2. The molecule has 0 spiro atoms. The number of rotatable bonds is 5. The summed E-state index contributed by atoms with van der Waals surface area (Å²) in [5, 5.41) is 2.85. The van der Waals surface area contributed by atoms with Crippen LogP contribution >= 0.6 is 15.9 Å². The van der Waals surface area contributed by atoms with Crippen LogP contribution in [0, 0.1) is 5.92 Å². The molecule has 2 unspecified atom stereocenters. The summed E-state index contributed by atoms with van der Waals surface area (Å²) < 4.78 is 0.914. The van der Waals surface area contributed by atoms with E-state index in [0.717, 1.165) is 16.6 Å². The van der Waals surface area contributed by atoms with Crippen LogP contribution in [-0.4, -0.2) is 30.9 Å². The SMILES string of the molecule is CC(N)CCNC(=O)C1CC(=O)N(c2cccc(Br)c2)C1. The number of anilines is 1. The number of amides is 2. The summed E-state index contributed by atoms with van der Waals surface area (Å²) in [7, 11) is 0. The number of nitrogens with one attached hydrogen (secondary N) is 1. The van der Waals surface area contributed by atoms with E-state index in [2.05, 4.69) is 21.2 Å². The predicted octanol–water partition coefficient (Wildman–Crippen LogP) is 1.66. The first-order valence-electron chi connectivity index (χ1n) is 7.06. The summed E-state index contributed by atoms with van der Waals surface area (Å²) >= 11 is 3.39. The average molecular weight is 354 g/mol. The molecule has 2 amide bonds. The molecule has 21 heavy (non-hydrogen) atoms. The van der Waals surface area contributed by atoms with Gasteiger partial charge >= 0.3 is 0 Å². The van der Waals surface area contributed by atoms with Gasteiger partial charge in [0.25, 0.3) is 0 Å². The lowest BCUT2D eigenvalue weighted by Crippen LogP contribution is -2.35. The van der Waals surface area contributed by atoms with Crippen molar-refractivity contribution in [2.24, 2.45) is 11.7 Å².